The number of amidine groups is 1. The van der Waals surface area contributed by atoms with Crippen molar-refractivity contribution in [1.29, 1.82) is 5.41 Å². The van der Waals surface area contributed by atoms with Gasteiger partial charge in [0.25, 0.3) is 0 Å². The first kappa shape index (κ1) is 18.2. The van der Waals surface area contributed by atoms with Crippen LogP contribution in [0.3, 0.4) is 0 Å². The number of guanidine groups is 1. The molecule has 2 rings (SSSR count). The van der Waals surface area contributed by atoms with Gasteiger partial charge < -0.3 is 16.4 Å². The first-order valence-corrected chi connectivity index (χ1v) is 9.36. The van der Waals surface area contributed by atoms with Gasteiger partial charge in [0.05, 0.1) is 6.54 Å². The fraction of sp³-hybridized carbons (Fsp3) is 0.308. The molecular weight excluding hydrogens is 352 g/mol. The summed E-state index contributed by atoms with van der Waals surface area (Å²) >= 11 is 1.01. The first-order chi connectivity index (χ1) is 11.3. The molecule has 0 aliphatic carbocycles. The van der Waals surface area contributed by atoms with Gasteiger partial charge in [-0.25, -0.2) is 13.1 Å². The highest BCUT2D eigenvalue weighted by atomic mass is 32.3. The van der Waals surface area contributed by atoms with Gasteiger partial charge in [-0.15, -0.1) is 0 Å². The summed E-state index contributed by atoms with van der Waals surface area (Å²) in [6, 6.07) is 6.87. The third-order valence-corrected chi connectivity index (χ3v) is 6.27. The summed E-state index contributed by atoms with van der Waals surface area (Å²) in [6.07, 6.45) is 0. The zero-order chi connectivity index (χ0) is 17.7. The molecule has 11 heteroatoms. The van der Waals surface area contributed by atoms with Crippen molar-refractivity contribution in [2.24, 2.45) is 10.7 Å². The monoisotopic (exact) mass is 370 g/mol. The largest absolute Gasteiger partial charge is 0.370 e. The van der Waals surface area contributed by atoms with Crippen molar-refractivity contribution in [2.45, 2.75) is 18.1 Å². The van der Waals surface area contributed by atoms with Crippen molar-refractivity contribution in [2.75, 3.05) is 11.9 Å². The molecule has 1 aromatic rings. The Morgan fingerprint density at radius 3 is 2.62 bits per heavy atom. The number of rotatable bonds is 5. The molecule has 24 heavy (non-hydrogen) atoms. The Kier molecular flexibility index (Phi) is 5.80. The van der Waals surface area contributed by atoms with Crippen molar-refractivity contribution in [3.8, 4) is 0 Å². The van der Waals surface area contributed by atoms with Crippen LogP contribution in [0.1, 0.15) is 12.5 Å². The average molecular weight is 370 g/mol. The van der Waals surface area contributed by atoms with Crippen molar-refractivity contribution in [1.82, 2.24) is 10.0 Å². The number of carbonyl (C=O) groups excluding carboxylic acids is 1. The number of hydrogen-bond donors (Lipinski definition) is 5. The summed E-state index contributed by atoms with van der Waals surface area (Å²) in [7, 11) is -3.58. The van der Waals surface area contributed by atoms with E-state index in [2.05, 4.69) is 20.3 Å². The van der Waals surface area contributed by atoms with Crippen molar-refractivity contribution in [3.63, 3.8) is 0 Å². The summed E-state index contributed by atoms with van der Waals surface area (Å²) in [5, 5.41) is 12.6. The zero-order valence-electron chi connectivity index (χ0n) is 12.9. The molecule has 9 nitrogen and oxygen atoms in total. The number of hydrogen-bond acceptors (Lipinski definition) is 6. The maximum absolute atomic E-state index is 12.3. The highest BCUT2D eigenvalue weighted by molar-refractivity contribution is 8.22. The molecule has 1 amide bonds. The van der Waals surface area contributed by atoms with Gasteiger partial charge >= 0.3 is 0 Å². The lowest BCUT2D eigenvalue weighted by Crippen LogP contribution is -2.33. The van der Waals surface area contributed by atoms with E-state index in [-0.39, 0.29) is 25.0 Å². The highest BCUT2D eigenvalue weighted by Gasteiger charge is 2.32. The Labute approximate surface area is 144 Å². The van der Waals surface area contributed by atoms with Crippen LogP contribution in [0.5, 0.6) is 0 Å². The molecule has 0 saturated carbocycles. The second-order valence-corrected chi connectivity index (χ2v) is 8.41. The van der Waals surface area contributed by atoms with Gasteiger partial charge in [-0.05, 0) is 17.7 Å². The standard InChI is InChI=1S/C13H18N6O3S2/c1-8(20)18-13-16-7-11(23-13)24(21,22)17-6-9-2-4-10(5-3-9)19-12(14)15/h2-5,11,17H,6-7H2,1H3,(H4,14,15,19)(H,16,18,20). The van der Waals surface area contributed by atoms with Crippen LogP contribution in [0.2, 0.25) is 0 Å². The number of sulfonamides is 1. The van der Waals surface area contributed by atoms with Crippen LogP contribution in [0.4, 0.5) is 5.69 Å². The van der Waals surface area contributed by atoms with Crippen LogP contribution >= 0.6 is 11.8 Å². The van der Waals surface area contributed by atoms with Crippen molar-refractivity contribution < 1.29 is 13.2 Å². The fourth-order valence-electron chi connectivity index (χ4n) is 1.88. The van der Waals surface area contributed by atoms with E-state index in [1.807, 2.05) is 0 Å². The van der Waals surface area contributed by atoms with Crippen LogP contribution in [-0.4, -0.2) is 36.6 Å². The van der Waals surface area contributed by atoms with E-state index < -0.39 is 14.6 Å². The lowest BCUT2D eigenvalue weighted by molar-refractivity contribution is -0.117. The van der Waals surface area contributed by atoms with Gasteiger partial charge in [0.15, 0.2) is 11.1 Å². The number of amides is 1. The zero-order valence-corrected chi connectivity index (χ0v) is 14.5. The predicted octanol–water partition coefficient (Wildman–Crippen LogP) is -0.0236. The molecule has 0 aromatic heterocycles. The minimum absolute atomic E-state index is 0.0943. The van der Waals surface area contributed by atoms with Crippen LogP contribution in [0, 0.1) is 5.41 Å². The van der Waals surface area contributed by atoms with E-state index in [1.165, 1.54) is 6.92 Å². The Morgan fingerprint density at radius 1 is 1.38 bits per heavy atom. The second-order valence-electron chi connectivity index (χ2n) is 4.98. The van der Waals surface area contributed by atoms with Crippen LogP contribution in [0.25, 0.3) is 0 Å². The normalized spacial score (nSPS) is 17.2. The van der Waals surface area contributed by atoms with Crippen LogP contribution in [0.15, 0.2) is 29.3 Å². The lowest BCUT2D eigenvalue weighted by Gasteiger charge is -2.12. The Bertz CT molecular complexity index is 760. The van der Waals surface area contributed by atoms with Gasteiger partial charge in [-0.3, -0.25) is 15.2 Å². The molecule has 0 radical (unpaired) electrons. The second kappa shape index (κ2) is 7.64. The fourth-order valence-corrected chi connectivity index (χ4v) is 4.43. The van der Waals surface area contributed by atoms with E-state index >= 15 is 0 Å². The molecule has 0 fully saturated rings. The van der Waals surface area contributed by atoms with Crippen LogP contribution < -0.4 is 21.1 Å². The molecule has 1 aromatic carbocycles. The number of thioether (sulfide) groups is 1. The van der Waals surface area contributed by atoms with Gasteiger partial charge in [0, 0.05) is 19.2 Å². The number of benzene rings is 1. The number of carbonyl (C=O) groups is 1. The van der Waals surface area contributed by atoms with Gasteiger partial charge in [0.1, 0.15) is 4.58 Å². The van der Waals surface area contributed by atoms with E-state index in [0.717, 1.165) is 17.3 Å². The van der Waals surface area contributed by atoms with E-state index in [1.54, 1.807) is 24.3 Å². The summed E-state index contributed by atoms with van der Waals surface area (Å²) in [6.45, 7) is 1.57. The van der Waals surface area contributed by atoms with E-state index in [0.29, 0.717) is 10.9 Å². The Hall–Kier alpha value is -2.11. The predicted molar refractivity (Wildman–Crippen MR) is 95.2 cm³/mol. The summed E-state index contributed by atoms with van der Waals surface area (Å²) in [5.41, 5.74) is 6.64. The van der Waals surface area contributed by atoms with Crippen molar-refractivity contribution >= 4 is 44.5 Å². The number of anilines is 1. The number of nitrogens with one attached hydrogen (secondary N) is 4. The highest BCUT2D eigenvalue weighted by Crippen LogP contribution is 2.24. The topological polar surface area (TPSA) is 150 Å². The maximum Gasteiger partial charge on any atom is 0.226 e. The lowest BCUT2D eigenvalue weighted by atomic mass is 10.2. The molecule has 0 saturated heterocycles. The number of nitrogens with two attached hydrogens (primary N) is 1. The first-order valence-electron chi connectivity index (χ1n) is 6.93. The average Bonchev–Trinajstić information content (AvgIpc) is 2.94. The molecule has 1 aliphatic rings. The quantitative estimate of drug-likeness (QED) is 0.363. The molecule has 1 unspecified atom stereocenters. The Morgan fingerprint density at radius 2 is 2.04 bits per heavy atom. The molecular formula is C13H18N6O3S2. The third kappa shape index (κ3) is 5.22. The van der Waals surface area contributed by atoms with E-state index in [9.17, 15) is 13.2 Å². The number of nitrogens with zero attached hydrogens (tertiary/aromatic N) is 1. The van der Waals surface area contributed by atoms with Crippen molar-refractivity contribution in [3.05, 3.63) is 29.8 Å². The minimum atomic E-state index is -3.58. The molecule has 1 heterocycles. The van der Waals surface area contributed by atoms with Gasteiger partial charge in [-0.1, -0.05) is 23.9 Å². The number of aliphatic imine (C=N–C) groups is 1. The molecule has 6 N–H and O–H groups in total. The van der Waals surface area contributed by atoms with Gasteiger partial charge in [-0.2, -0.15) is 0 Å². The SMILES string of the molecule is CC(=O)NC1=NCC(S(=O)(=O)NCc2ccc(NC(=N)N)cc2)S1. The Balaban J connectivity index is 1.89. The van der Waals surface area contributed by atoms with Crippen LogP contribution in [-0.2, 0) is 21.4 Å². The molecule has 0 spiro atoms. The maximum atomic E-state index is 12.3. The molecule has 130 valence electrons. The third-order valence-electron chi connectivity index (χ3n) is 2.97. The van der Waals surface area contributed by atoms with E-state index in [4.69, 9.17) is 11.1 Å². The van der Waals surface area contributed by atoms with Gasteiger partial charge in [0.2, 0.25) is 15.9 Å². The molecule has 1 atom stereocenters. The summed E-state index contributed by atoms with van der Waals surface area (Å²) in [4.78, 5) is 15.0. The molecule has 1 aliphatic heterocycles. The summed E-state index contributed by atoms with van der Waals surface area (Å²) in [5.74, 6) is -0.455. The smallest absolute Gasteiger partial charge is 0.226 e. The summed E-state index contributed by atoms with van der Waals surface area (Å²) < 4.78 is 26.3. The minimum Gasteiger partial charge on any atom is -0.370 e. The molecule has 0 bridgehead atoms.